The Labute approximate surface area is 153 Å². The van der Waals surface area contributed by atoms with Crippen LogP contribution in [0.2, 0.25) is 0 Å². The number of rotatable bonds is 8. The van der Waals surface area contributed by atoms with Gasteiger partial charge in [0, 0.05) is 19.2 Å². The highest BCUT2D eigenvalue weighted by Gasteiger charge is 2.20. The summed E-state index contributed by atoms with van der Waals surface area (Å²) in [6.07, 6.45) is 0. The lowest BCUT2D eigenvalue weighted by molar-refractivity contribution is 0.0934. The molecule has 1 atom stereocenters. The maximum atomic E-state index is 12.6. The number of aryl methyl sites for hydroxylation is 2. The zero-order valence-corrected chi connectivity index (χ0v) is 16.1. The number of hydrogen-bond donors (Lipinski definition) is 2. The van der Waals surface area contributed by atoms with Crippen LogP contribution in [0.4, 0.5) is 0 Å². The molecule has 0 saturated heterocycles. The smallest absolute Gasteiger partial charge is 0.252 e. The molecular formula is C18H24N2O5S. The molecule has 0 aliphatic carbocycles. The highest BCUT2D eigenvalue weighted by molar-refractivity contribution is 7.89. The van der Waals surface area contributed by atoms with Crippen LogP contribution in [0.25, 0.3) is 0 Å². The monoisotopic (exact) mass is 380 g/mol. The summed E-state index contributed by atoms with van der Waals surface area (Å²) in [6.45, 7) is 5.80. The Morgan fingerprint density at radius 1 is 1.23 bits per heavy atom. The Hall–Kier alpha value is -2.16. The first-order valence-electron chi connectivity index (χ1n) is 8.21. The highest BCUT2D eigenvalue weighted by Crippen LogP contribution is 2.19. The van der Waals surface area contributed by atoms with Crippen molar-refractivity contribution in [1.82, 2.24) is 10.0 Å². The molecule has 0 saturated carbocycles. The molecule has 142 valence electrons. The molecule has 8 heteroatoms. The number of methoxy groups -OCH3 is 1. The van der Waals surface area contributed by atoms with Crippen LogP contribution < -0.4 is 10.0 Å². The summed E-state index contributed by atoms with van der Waals surface area (Å²) in [5.74, 6) is 1.03. The third-order valence-corrected chi connectivity index (χ3v) is 5.36. The fraction of sp³-hybridized carbons (Fsp3) is 0.389. The van der Waals surface area contributed by atoms with Crippen LogP contribution in [0.15, 0.2) is 39.6 Å². The summed E-state index contributed by atoms with van der Waals surface area (Å²) < 4.78 is 37.4. The summed E-state index contributed by atoms with van der Waals surface area (Å²) in [4.78, 5) is 12.6. The van der Waals surface area contributed by atoms with Gasteiger partial charge >= 0.3 is 0 Å². The Balaban J connectivity index is 2.19. The number of amides is 1. The van der Waals surface area contributed by atoms with E-state index in [1.165, 1.54) is 19.2 Å². The number of carbonyl (C=O) groups excluding carboxylic acids is 1. The molecule has 26 heavy (non-hydrogen) atoms. The van der Waals surface area contributed by atoms with Gasteiger partial charge in [0.25, 0.3) is 5.91 Å². The van der Waals surface area contributed by atoms with Gasteiger partial charge in [0.1, 0.15) is 11.5 Å². The molecule has 2 aromatic rings. The number of hydrogen-bond acceptors (Lipinski definition) is 5. The normalized spacial score (nSPS) is 12.8. The molecule has 2 N–H and O–H groups in total. The van der Waals surface area contributed by atoms with Crippen molar-refractivity contribution in [1.29, 1.82) is 0 Å². The summed E-state index contributed by atoms with van der Waals surface area (Å²) in [7, 11) is -2.22. The standard InChI is InChI=1S/C18H24N2O5S/c1-12-5-7-15(26(22,23)19-9-10-24-4)11-16(12)18(21)20-14(3)17-8-6-13(2)25-17/h5-8,11,14,19H,9-10H2,1-4H3,(H,20,21)/t14-/m1/s1. The number of carbonyl (C=O) groups is 1. The first kappa shape index (κ1) is 20.2. The van der Waals surface area contributed by atoms with Crippen molar-refractivity contribution in [3.63, 3.8) is 0 Å². The van der Waals surface area contributed by atoms with Crippen molar-refractivity contribution < 1.29 is 22.4 Å². The first-order chi connectivity index (χ1) is 12.2. The third kappa shape index (κ3) is 4.94. The molecule has 7 nitrogen and oxygen atoms in total. The van der Waals surface area contributed by atoms with Gasteiger partial charge < -0.3 is 14.5 Å². The lowest BCUT2D eigenvalue weighted by Crippen LogP contribution is -2.29. The van der Waals surface area contributed by atoms with Crippen molar-refractivity contribution in [2.75, 3.05) is 20.3 Å². The van der Waals surface area contributed by atoms with E-state index in [2.05, 4.69) is 10.0 Å². The van der Waals surface area contributed by atoms with E-state index in [9.17, 15) is 13.2 Å². The van der Waals surface area contributed by atoms with Crippen molar-refractivity contribution in [3.05, 3.63) is 53.0 Å². The second-order valence-electron chi connectivity index (χ2n) is 6.01. The molecule has 0 fully saturated rings. The molecule has 2 rings (SSSR count). The van der Waals surface area contributed by atoms with E-state index in [4.69, 9.17) is 9.15 Å². The number of benzene rings is 1. The van der Waals surface area contributed by atoms with Gasteiger partial charge in [-0.1, -0.05) is 6.07 Å². The number of furan rings is 1. The number of sulfonamides is 1. The summed E-state index contributed by atoms with van der Waals surface area (Å²) in [5, 5.41) is 2.83. The second-order valence-corrected chi connectivity index (χ2v) is 7.78. The van der Waals surface area contributed by atoms with Crippen LogP contribution in [-0.4, -0.2) is 34.6 Å². The van der Waals surface area contributed by atoms with Crippen molar-refractivity contribution in [3.8, 4) is 0 Å². The van der Waals surface area contributed by atoms with Gasteiger partial charge in [-0.2, -0.15) is 0 Å². The van der Waals surface area contributed by atoms with E-state index in [1.54, 1.807) is 26.0 Å². The van der Waals surface area contributed by atoms with E-state index in [-0.39, 0.29) is 30.0 Å². The van der Waals surface area contributed by atoms with Crippen LogP contribution in [0, 0.1) is 13.8 Å². The van der Waals surface area contributed by atoms with Crippen LogP contribution in [0.5, 0.6) is 0 Å². The summed E-state index contributed by atoms with van der Waals surface area (Å²) >= 11 is 0. The molecule has 0 radical (unpaired) electrons. The predicted octanol–water partition coefficient (Wildman–Crippen LogP) is 2.31. The minimum absolute atomic E-state index is 0.0332. The lowest BCUT2D eigenvalue weighted by atomic mass is 10.1. The Kier molecular flexibility index (Phi) is 6.57. The molecule has 1 amide bonds. The molecule has 0 unspecified atom stereocenters. The molecule has 1 aromatic heterocycles. The SMILES string of the molecule is COCCNS(=O)(=O)c1ccc(C)c(C(=O)N[C@H](C)c2ccc(C)o2)c1. The van der Waals surface area contributed by atoms with Crippen molar-refractivity contribution >= 4 is 15.9 Å². The van der Waals surface area contributed by atoms with Gasteiger partial charge in [0.15, 0.2) is 0 Å². The zero-order chi connectivity index (χ0) is 19.3. The van der Waals surface area contributed by atoms with Crippen LogP contribution in [-0.2, 0) is 14.8 Å². The number of ether oxygens (including phenoxy) is 1. The summed E-state index contributed by atoms with van der Waals surface area (Å²) in [6, 6.07) is 7.74. The van der Waals surface area contributed by atoms with E-state index in [0.29, 0.717) is 16.9 Å². The van der Waals surface area contributed by atoms with Gasteiger partial charge in [-0.3, -0.25) is 4.79 Å². The average Bonchev–Trinajstić information content (AvgIpc) is 3.01. The number of nitrogens with one attached hydrogen (secondary N) is 2. The molecule has 0 aliphatic rings. The Bertz CT molecular complexity index is 873. The van der Waals surface area contributed by atoms with E-state index >= 15 is 0 Å². The van der Waals surface area contributed by atoms with E-state index in [1.807, 2.05) is 13.0 Å². The largest absolute Gasteiger partial charge is 0.464 e. The lowest BCUT2D eigenvalue weighted by Gasteiger charge is -2.14. The maximum absolute atomic E-state index is 12.6. The molecule has 0 aliphatic heterocycles. The zero-order valence-electron chi connectivity index (χ0n) is 15.3. The molecular weight excluding hydrogens is 356 g/mol. The fourth-order valence-corrected chi connectivity index (χ4v) is 3.44. The molecule has 0 bridgehead atoms. The predicted molar refractivity (Wildman–Crippen MR) is 97.6 cm³/mol. The van der Waals surface area contributed by atoms with Gasteiger partial charge in [-0.15, -0.1) is 0 Å². The highest BCUT2D eigenvalue weighted by atomic mass is 32.2. The van der Waals surface area contributed by atoms with Crippen LogP contribution >= 0.6 is 0 Å². The minimum Gasteiger partial charge on any atom is -0.464 e. The average molecular weight is 380 g/mol. The van der Waals surface area contributed by atoms with E-state index < -0.39 is 10.0 Å². The third-order valence-electron chi connectivity index (χ3n) is 3.90. The topological polar surface area (TPSA) is 97.6 Å². The fourth-order valence-electron chi connectivity index (χ4n) is 2.41. The van der Waals surface area contributed by atoms with Crippen molar-refractivity contribution in [2.24, 2.45) is 0 Å². The first-order valence-corrected chi connectivity index (χ1v) is 9.69. The van der Waals surface area contributed by atoms with Gasteiger partial charge in [0.2, 0.25) is 10.0 Å². The van der Waals surface area contributed by atoms with Crippen LogP contribution in [0.1, 0.15) is 40.4 Å². The van der Waals surface area contributed by atoms with Gasteiger partial charge in [0.05, 0.1) is 17.5 Å². The van der Waals surface area contributed by atoms with Gasteiger partial charge in [-0.25, -0.2) is 13.1 Å². The Morgan fingerprint density at radius 2 is 1.96 bits per heavy atom. The second kappa shape index (κ2) is 8.48. The molecule has 1 heterocycles. The summed E-state index contributed by atoms with van der Waals surface area (Å²) in [5.41, 5.74) is 0.982. The molecule has 1 aromatic carbocycles. The maximum Gasteiger partial charge on any atom is 0.252 e. The minimum atomic E-state index is -3.71. The van der Waals surface area contributed by atoms with Crippen LogP contribution in [0.3, 0.4) is 0 Å². The van der Waals surface area contributed by atoms with E-state index in [0.717, 1.165) is 5.76 Å². The quantitative estimate of drug-likeness (QED) is 0.685. The Morgan fingerprint density at radius 3 is 2.58 bits per heavy atom. The van der Waals surface area contributed by atoms with Gasteiger partial charge in [-0.05, 0) is 50.6 Å². The van der Waals surface area contributed by atoms with Crippen molar-refractivity contribution in [2.45, 2.75) is 31.7 Å². The molecule has 0 spiro atoms.